The normalized spacial score (nSPS) is 43.9. The van der Waals surface area contributed by atoms with Gasteiger partial charge in [-0.1, -0.05) is 27.7 Å². The average molecular weight is 776 g/mol. The summed E-state index contributed by atoms with van der Waals surface area (Å²) in [6, 6.07) is -1.17. The predicted octanol–water partition coefficient (Wildman–Crippen LogP) is 7.00. The van der Waals surface area contributed by atoms with Crippen LogP contribution in [0.25, 0.3) is 0 Å². The monoisotopic (exact) mass is 776 g/mol. The van der Waals surface area contributed by atoms with Crippen molar-refractivity contribution in [3.05, 3.63) is 0 Å². The molecule has 314 valence electrons. The first-order chi connectivity index (χ1) is 24.9. The molecule has 6 aliphatic rings. The summed E-state index contributed by atoms with van der Waals surface area (Å²) < 4.78 is 24.7. The van der Waals surface area contributed by atoms with Crippen LogP contribution in [0, 0.1) is 44.8 Å². The van der Waals surface area contributed by atoms with E-state index in [2.05, 4.69) is 39.9 Å². The Kier molecular flexibility index (Phi) is 10.3. The first-order valence-corrected chi connectivity index (χ1v) is 21.1. The van der Waals surface area contributed by atoms with Crippen LogP contribution in [0.2, 0.25) is 0 Å². The Morgan fingerprint density at radius 2 is 1.45 bits per heavy atom. The summed E-state index contributed by atoms with van der Waals surface area (Å²) in [4.78, 5) is 40.5. The van der Waals surface area contributed by atoms with Crippen LogP contribution in [0.4, 0.5) is 4.79 Å². The van der Waals surface area contributed by atoms with E-state index in [-0.39, 0.29) is 52.3 Å². The second-order valence-corrected chi connectivity index (χ2v) is 22.6. The fourth-order valence-corrected chi connectivity index (χ4v) is 13.8. The van der Waals surface area contributed by atoms with E-state index < -0.39 is 76.3 Å². The number of carbonyl (C=O) groups is 3. The number of hydrogen-bond acceptors (Lipinski definition) is 10. The third kappa shape index (κ3) is 7.04. The van der Waals surface area contributed by atoms with Crippen molar-refractivity contribution in [2.45, 2.75) is 213 Å². The van der Waals surface area contributed by atoms with Gasteiger partial charge in [0.1, 0.15) is 23.3 Å². The zero-order valence-electron chi connectivity index (χ0n) is 36.1. The molecule has 4 N–H and O–H groups in total. The van der Waals surface area contributed by atoms with Gasteiger partial charge in [-0.3, -0.25) is 4.79 Å². The summed E-state index contributed by atoms with van der Waals surface area (Å²) in [6.07, 6.45) is 4.21. The van der Waals surface area contributed by atoms with E-state index >= 15 is 0 Å². The minimum atomic E-state index is -1.17. The number of rotatable bonds is 8. The largest absolute Gasteiger partial charge is 0.460 e. The van der Waals surface area contributed by atoms with Crippen molar-refractivity contribution in [3.63, 3.8) is 0 Å². The van der Waals surface area contributed by atoms with E-state index in [4.69, 9.17) is 18.9 Å². The molecule has 55 heavy (non-hydrogen) atoms. The Morgan fingerprint density at radius 1 is 0.818 bits per heavy atom. The molecule has 1 saturated heterocycles. The number of fused-ring (bicyclic) bond motifs is 2. The van der Waals surface area contributed by atoms with E-state index in [9.17, 15) is 29.7 Å². The van der Waals surface area contributed by atoms with Gasteiger partial charge in [-0.05, 0) is 165 Å². The van der Waals surface area contributed by atoms with Crippen molar-refractivity contribution in [1.29, 1.82) is 0 Å². The van der Waals surface area contributed by atoms with Crippen molar-refractivity contribution in [3.8, 4) is 0 Å². The smallest absolute Gasteiger partial charge is 0.408 e. The van der Waals surface area contributed by atoms with Crippen molar-refractivity contribution < 1.29 is 48.7 Å². The van der Waals surface area contributed by atoms with Gasteiger partial charge in [-0.15, -0.1) is 0 Å². The number of hydrogen-bond donors (Lipinski definition) is 4. The van der Waals surface area contributed by atoms with Gasteiger partial charge in [-0.25, -0.2) is 9.59 Å². The molecule has 1 amide bonds. The van der Waals surface area contributed by atoms with Crippen LogP contribution in [0.3, 0.4) is 0 Å². The molecule has 6 rings (SSSR count). The van der Waals surface area contributed by atoms with E-state index in [1.54, 1.807) is 55.4 Å². The fourth-order valence-electron chi connectivity index (χ4n) is 13.8. The van der Waals surface area contributed by atoms with Crippen LogP contribution in [0.1, 0.15) is 161 Å². The number of nitrogens with one attached hydrogen (secondary N) is 1. The number of amides is 1. The second-order valence-electron chi connectivity index (χ2n) is 22.6. The third-order valence-corrected chi connectivity index (χ3v) is 16.1. The molecule has 1 heterocycles. The summed E-state index contributed by atoms with van der Waals surface area (Å²) in [5.74, 6) is -1.19. The molecule has 0 bridgehead atoms. The van der Waals surface area contributed by atoms with E-state index in [0.717, 1.165) is 32.1 Å². The summed E-state index contributed by atoms with van der Waals surface area (Å²) >= 11 is 0. The number of alkyl carbamates (subject to hydrolysis) is 1. The molecule has 0 radical (unpaired) electrons. The molecule has 5 aliphatic carbocycles. The van der Waals surface area contributed by atoms with Crippen molar-refractivity contribution >= 4 is 18.0 Å². The lowest BCUT2D eigenvalue weighted by atomic mass is 9.41. The van der Waals surface area contributed by atoms with Crippen LogP contribution in [0.15, 0.2) is 0 Å². The van der Waals surface area contributed by atoms with E-state index in [1.807, 2.05) is 0 Å². The lowest BCUT2D eigenvalue weighted by molar-refractivity contribution is -0.214. The summed E-state index contributed by atoms with van der Waals surface area (Å²) in [7, 11) is 0. The third-order valence-electron chi connectivity index (χ3n) is 16.1. The van der Waals surface area contributed by atoms with Gasteiger partial charge in [-0.2, -0.15) is 0 Å². The fraction of sp³-hybridized carbons (Fsp3) is 0.932. The Labute approximate surface area is 329 Å². The van der Waals surface area contributed by atoms with Crippen LogP contribution >= 0.6 is 0 Å². The maximum absolute atomic E-state index is 14.5. The molecular weight excluding hydrogens is 702 g/mol. The number of ether oxygens (including phenoxy) is 4. The quantitative estimate of drug-likeness (QED) is 0.149. The summed E-state index contributed by atoms with van der Waals surface area (Å²) in [5.41, 5.74) is -4.41. The standard InChI is InChI=1S/C44H73NO10/c1-36(2,3)54-31(48)15-14-25(45-35(50)55-37(4,5)6)34(49)52-27-23-41(12)28-22-26(46)32-38(7,8)29(47)16-19-44(32)24-43(28,44)21-20-40(41,11)33(27)42(13)18-17-30(53-42)39(9,10)51/h25-30,32-33,46-47,51H,14-24H2,1-13H3,(H,45,50)/t25?,26-,27-,28?,29-,30-,32-,33-,40+,41-,42+,43-,44+/m0/s1. The van der Waals surface area contributed by atoms with Crippen LogP contribution in [-0.4, -0.2) is 86.2 Å². The van der Waals surface area contributed by atoms with Crippen molar-refractivity contribution in [2.24, 2.45) is 44.8 Å². The zero-order valence-corrected chi connectivity index (χ0v) is 36.1. The SMILES string of the molecule is CC(C)(C)OC(=O)CCC(NC(=O)OC(C)(C)C)C(=O)O[C@H]1C[C@@]2(C)C3C[C@H](O)[C@H]4C(C)(C)[C@@H](O)CC[C@@]45C[C@@]35CC[C@]2(C)[C@H]1[C@@]1(C)CC[C@@H](C(C)(C)O)O1. The molecule has 0 aromatic rings. The van der Waals surface area contributed by atoms with Crippen molar-refractivity contribution in [2.75, 3.05) is 0 Å². The van der Waals surface area contributed by atoms with Crippen molar-refractivity contribution in [1.82, 2.24) is 5.32 Å². The molecule has 0 aromatic carbocycles. The highest BCUT2D eigenvalue weighted by Gasteiger charge is 2.85. The molecule has 2 unspecified atom stereocenters. The second kappa shape index (κ2) is 13.3. The van der Waals surface area contributed by atoms with Gasteiger partial charge in [0.15, 0.2) is 0 Å². The first-order valence-electron chi connectivity index (χ1n) is 21.1. The minimum Gasteiger partial charge on any atom is -0.460 e. The molecule has 6 fully saturated rings. The molecular formula is C44H73NO10. The van der Waals surface area contributed by atoms with Crippen LogP contribution in [0.5, 0.6) is 0 Å². The maximum atomic E-state index is 14.5. The number of aliphatic hydroxyl groups is 3. The Bertz CT molecular complexity index is 1520. The molecule has 1 aliphatic heterocycles. The molecule has 11 nitrogen and oxygen atoms in total. The highest BCUT2D eigenvalue weighted by Crippen LogP contribution is 2.89. The number of esters is 2. The van der Waals surface area contributed by atoms with Crippen LogP contribution < -0.4 is 5.32 Å². The Morgan fingerprint density at radius 3 is 2.04 bits per heavy atom. The Balaban J connectivity index is 1.35. The highest BCUT2D eigenvalue weighted by molar-refractivity contribution is 5.82. The molecule has 0 aromatic heterocycles. The summed E-state index contributed by atoms with van der Waals surface area (Å²) in [6.45, 7) is 25.2. The van der Waals surface area contributed by atoms with Gasteiger partial charge in [0, 0.05) is 12.3 Å². The van der Waals surface area contributed by atoms with E-state index in [0.29, 0.717) is 25.7 Å². The number of aliphatic hydroxyl groups excluding tert-OH is 2. The molecule has 5 saturated carbocycles. The van der Waals surface area contributed by atoms with Gasteiger partial charge < -0.3 is 39.6 Å². The zero-order chi connectivity index (χ0) is 41.2. The summed E-state index contributed by atoms with van der Waals surface area (Å²) in [5, 5.41) is 37.1. The molecule has 13 atom stereocenters. The lowest BCUT2D eigenvalue weighted by Crippen LogP contribution is -2.62. The van der Waals surface area contributed by atoms with Gasteiger partial charge in [0.25, 0.3) is 0 Å². The highest BCUT2D eigenvalue weighted by atomic mass is 16.6. The maximum Gasteiger partial charge on any atom is 0.408 e. The van der Waals surface area contributed by atoms with Gasteiger partial charge in [0.05, 0.1) is 29.5 Å². The molecule has 2 spiro atoms. The topological polar surface area (TPSA) is 161 Å². The Hall–Kier alpha value is -1.95. The number of carbonyl (C=O) groups excluding carboxylic acids is 3. The minimum absolute atomic E-state index is 0.0201. The van der Waals surface area contributed by atoms with Gasteiger partial charge in [0.2, 0.25) is 0 Å². The first kappa shape index (κ1) is 42.7. The van der Waals surface area contributed by atoms with Crippen LogP contribution in [-0.2, 0) is 28.5 Å². The lowest BCUT2D eigenvalue weighted by Gasteiger charge is -2.64. The average Bonchev–Trinajstić information content (AvgIpc) is 3.35. The predicted molar refractivity (Wildman–Crippen MR) is 207 cm³/mol. The van der Waals surface area contributed by atoms with Gasteiger partial charge >= 0.3 is 18.0 Å². The van der Waals surface area contributed by atoms with E-state index in [1.165, 1.54) is 0 Å². The molecule has 11 heteroatoms.